The van der Waals surface area contributed by atoms with Gasteiger partial charge in [0.05, 0.1) is 13.0 Å². The molecule has 0 bridgehead atoms. The number of esters is 1. The molecule has 0 aromatic carbocycles. The normalized spacial score (nSPS) is 22.2. The van der Waals surface area contributed by atoms with Crippen LogP contribution in [-0.2, 0) is 9.53 Å². The molecule has 1 aliphatic rings. The Morgan fingerprint density at radius 2 is 2.14 bits per heavy atom. The summed E-state index contributed by atoms with van der Waals surface area (Å²) in [5.41, 5.74) is 3.04. The van der Waals surface area contributed by atoms with Crippen molar-refractivity contribution in [1.29, 1.82) is 0 Å². The second-order valence-corrected chi connectivity index (χ2v) is 7.48. The highest BCUT2D eigenvalue weighted by Crippen LogP contribution is 2.37. The highest BCUT2D eigenvalue weighted by Gasteiger charge is 2.24. The Morgan fingerprint density at radius 1 is 1.38 bits per heavy atom. The predicted octanol–water partition coefficient (Wildman–Crippen LogP) is 3.95. The highest BCUT2D eigenvalue weighted by molar-refractivity contribution is 8.00. The number of allylic oxidation sites excluding steroid dienone is 1. The van der Waals surface area contributed by atoms with Crippen molar-refractivity contribution in [2.75, 3.05) is 19.0 Å². The van der Waals surface area contributed by atoms with Crippen molar-refractivity contribution in [3.63, 3.8) is 0 Å². The third kappa shape index (κ3) is 7.37. The van der Waals surface area contributed by atoms with Gasteiger partial charge in [-0.3, -0.25) is 4.79 Å². The van der Waals surface area contributed by atoms with Crippen LogP contribution in [0.3, 0.4) is 0 Å². The minimum atomic E-state index is -0.108. The lowest BCUT2D eigenvalue weighted by Gasteiger charge is -2.30. The van der Waals surface area contributed by atoms with Crippen molar-refractivity contribution >= 4 is 17.7 Å². The summed E-state index contributed by atoms with van der Waals surface area (Å²) in [5, 5.41) is 9.24. The number of unbranched alkanes of at least 4 members (excludes halogenated alkanes) is 1. The van der Waals surface area contributed by atoms with Gasteiger partial charge in [0, 0.05) is 17.6 Å². The Balaban J connectivity index is 2.26. The van der Waals surface area contributed by atoms with Crippen LogP contribution in [0, 0.1) is 5.92 Å². The maximum atomic E-state index is 11.6. The Morgan fingerprint density at radius 3 is 2.81 bits per heavy atom. The topological polar surface area (TPSA) is 46.5 Å². The number of ether oxygens (including phenoxy) is 1. The van der Waals surface area contributed by atoms with E-state index in [1.54, 1.807) is 5.57 Å². The van der Waals surface area contributed by atoms with Gasteiger partial charge in [-0.15, -0.1) is 0 Å². The minimum absolute atomic E-state index is 0.108. The van der Waals surface area contributed by atoms with E-state index >= 15 is 0 Å². The number of hydrogen-bond acceptors (Lipinski definition) is 4. The van der Waals surface area contributed by atoms with E-state index in [1.165, 1.54) is 24.8 Å². The molecule has 4 heteroatoms. The second-order valence-electron chi connectivity index (χ2n) is 6.17. The summed E-state index contributed by atoms with van der Waals surface area (Å²) in [7, 11) is 0. The number of aliphatic hydroxyl groups excluding tert-OH is 1. The molecule has 0 spiro atoms. The summed E-state index contributed by atoms with van der Waals surface area (Å²) in [5.74, 6) is 1.52. The Kier molecular flexibility index (Phi) is 9.09. The summed E-state index contributed by atoms with van der Waals surface area (Å²) in [4.78, 5) is 11.6. The van der Waals surface area contributed by atoms with Crippen molar-refractivity contribution in [2.45, 2.75) is 64.5 Å². The molecule has 0 aromatic heterocycles. The lowest BCUT2D eigenvalue weighted by atomic mass is 9.85. The van der Waals surface area contributed by atoms with E-state index in [-0.39, 0.29) is 12.6 Å². The molecular weight excluding hydrogens is 284 g/mol. The van der Waals surface area contributed by atoms with Crippen molar-refractivity contribution in [3.8, 4) is 0 Å². The van der Waals surface area contributed by atoms with Crippen molar-refractivity contribution < 1.29 is 14.6 Å². The molecule has 122 valence electrons. The lowest BCUT2D eigenvalue weighted by Crippen LogP contribution is -2.20. The van der Waals surface area contributed by atoms with Crippen LogP contribution < -0.4 is 0 Å². The zero-order valence-corrected chi connectivity index (χ0v) is 14.5. The molecule has 1 saturated carbocycles. The molecule has 0 aromatic rings. The summed E-state index contributed by atoms with van der Waals surface area (Å²) in [6.45, 7) is 7.33. The van der Waals surface area contributed by atoms with E-state index in [0.717, 1.165) is 18.1 Å². The van der Waals surface area contributed by atoms with Gasteiger partial charge in [0.25, 0.3) is 0 Å². The van der Waals surface area contributed by atoms with Gasteiger partial charge in [0.1, 0.15) is 0 Å². The summed E-state index contributed by atoms with van der Waals surface area (Å²) in [6.07, 6.45) is 5.68. The molecule has 2 unspecified atom stereocenters. The van der Waals surface area contributed by atoms with Crippen LogP contribution in [0.15, 0.2) is 11.1 Å². The number of aliphatic hydroxyl groups is 1. The molecule has 3 nitrogen and oxygen atoms in total. The van der Waals surface area contributed by atoms with Crippen molar-refractivity contribution in [1.82, 2.24) is 0 Å². The monoisotopic (exact) mass is 314 g/mol. The molecule has 0 radical (unpaired) electrons. The first-order valence-electron chi connectivity index (χ1n) is 8.09. The molecule has 1 N–H and O–H groups in total. The summed E-state index contributed by atoms with van der Waals surface area (Å²) < 4.78 is 5.15. The van der Waals surface area contributed by atoms with Gasteiger partial charge in [-0.1, -0.05) is 18.1 Å². The fourth-order valence-electron chi connectivity index (χ4n) is 2.69. The van der Waals surface area contributed by atoms with Gasteiger partial charge in [-0.05, 0) is 51.9 Å². The zero-order valence-electron chi connectivity index (χ0n) is 13.7. The van der Waals surface area contributed by atoms with Crippen molar-refractivity contribution in [2.24, 2.45) is 5.92 Å². The third-order valence-electron chi connectivity index (χ3n) is 3.99. The molecule has 0 saturated heterocycles. The van der Waals surface area contributed by atoms with Crippen LogP contribution in [0.4, 0.5) is 0 Å². The van der Waals surface area contributed by atoms with Crippen LogP contribution in [-0.4, -0.2) is 35.3 Å². The maximum absolute atomic E-state index is 11.6. The fourth-order valence-corrected chi connectivity index (χ4v) is 4.27. The number of carbonyl (C=O) groups excluding carboxylic acids is 1. The molecule has 1 rings (SSSR count). The summed E-state index contributed by atoms with van der Waals surface area (Å²) >= 11 is 1.91. The number of thioether (sulfide) groups is 1. The van der Waals surface area contributed by atoms with E-state index in [4.69, 9.17) is 9.84 Å². The van der Waals surface area contributed by atoms with E-state index in [1.807, 2.05) is 11.8 Å². The standard InChI is InChI=1S/C17H30O3S/c1-13(2)15-7-6-14(3)12-16(15)21-11-8-17(19)20-10-5-4-9-18/h14,16,18H,4-12H2,1-3H3. The van der Waals surface area contributed by atoms with Gasteiger partial charge in [-0.2, -0.15) is 11.8 Å². The third-order valence-corrected chi connectivity index (χ3v) is 5.31. The average molecular weight is 314 g/mol. The van der Waals surface area contributed by atoms with E-state index in [2.05, 4.69) is 20.8 Å². The molecule has 1 aliphatic carbocycles. The fraction of sp³-hybridized carbons (Fsp3) is 0.824. The van der Waals surface area contributed by atoms with Gasteiger partial charge < -0.3 is 9.84 Å². The molecule has 2 atom stereocenters. The Labute approximate surface area is 133 Å². The number of carbonyl (C=O) groups is 1. The van der Waals surface area contributed by atoms with Crippen LogP contribution in [0.1, 0.15) is 59.3 Å². The molecule has 1 fully saturated rings. The first-order valence-corrected chi connectivity index (χ1v) is 9.13. The lowest BCUT2D eigenvalue weighted by molar-refractivity contribution is -0.143. The first-order chi connectivity index (χ1) is 10.0. The smallest absolute Gasteiger partial charge is 0.306 e. The van der Waals surface area contributed by atoms with Gasteiger partial charge in [-0.25, -0.2) is 0 Å². The van der Waals surface area contributed by atoms with Crippen molar-refractivity contribution in [3.05, 3.63) is 11.1 Å². The zero-order chi connectivity index (χ0) is 15.7. The SMILES string of the molecule is CC(C)=C1CCC(C)CC1SCCC(=O)OCCCCO. The van der Waals surface area contributed by atoms with E-state index < -0.39 is 0 Å². The van der Waals surface area contributed by atoms with Crippen LogP contribution >= 0.6 is 11.8 Å². The molecule has 0 aliphatic heterocycles. The number of rotatable bonds is 8. The average Bonchev–Trinajstić information content (AvgIpc) is 2.43. The van der Waals surface area contributed by atoms with Crippen LogP contribution in [0.5, 0.6) is 0 Å². The highest BCUT2D eigenvalue weighted by atomic mass is 32.2. The quantitative estimate of drug-likeness (QED) is 0.418. The number of hydrogen-bond donors (Lipinski definition) is 1. The predicted molar refractivity (Wildman–Crippen MR) is 89.5 cm³/mol. The summed E-state index contributed by atoms with van der Waals surface area (Å²) in [6, 6.07) is 0. The van der Waals surface area contributed by atoms with E-state index in [9.17, 15) is 4.79 Å². The Hall–Kier alpha value is -0.480. The van der Waals surface area contributed by atoms with Crippen LogP contribution in [0.25, 0.3) is 0 Å². The maximum Gasteiger partial charge on any atom is 0.306 e. The van der Waals surface area contributed by atoms with Gasteiger partial charge in [0.15, 0.2) is 0 Å². The largest absolute Gasteiger partial charge is 0.466 e. The van der Waals surface area contributed by atoms with E-state index in [0.29, 0.717) is 24.7 Å². The Bertz CT molecular complexity index is 348. The molecule has 0 amide bonds. The minimum Gasteiger partial charge on any atom is -0.466 e. The van der Waals surface area contributed by atoms with Gasteiger partial charge in [0.2, 0.25) is 0 Å². The molecular formula is C17H30O3S. The second kappa shape index (κ2) is 10.3. The molecule has 0 heterocycles. The van der Waals surface area contributed by atoms with Gasteiger partial charge >= 0.3 is 5.97 Å². The first kappa shape index (κ1) is 18.6. The molecule has 21 heavy (non-hydrogen) atoms. The van der Waals surface area contributed by atoms with Crippen LogP contribution in [0.2, 0.25) is 0 Å².